The molecular formula is C5H9N3O. The lowest BCUT2D eigenvalue weighted by molar-refractivity contribution is 0.368. The van der Waals surface area contributed by atoms with Crippen LogP contribution in [0.5, 0.6) is 0 Å². The molecule has 4 nitrogen and oxygen atoms in total. The fourth-order valence-corrected chi connectivity index (χ4v) is 0.763. The highest BCUT2D eigenvalue weighted by atomic mass is 16.6. The van der Waals surface area contributed by atoms with Gasteiger partial charge < -0.3 is 4.74 Å². The van der Waals surface area contributed by atoms with Gasteiger partial charge in [-0.2, -0.15) is 0 Å². The van der Waals surface area contributed by atoms with Crippen LogP contribution in [0.2, 0.25) is 0 Å². The molecule has 0 bridgehead atoms. The van der Waals surface area contributed by atoms with Gasteiger partial charge in [-0.25, -0.2) is 0 Å². The third-order valence-electron chi connectivity index (χ3n) is 1.41. The Morgan fingerprint density at radius 1 is 2.00 bits per heavy atom. The average Bonchev–Trinajstić information content (AvgIpc) is 2.64. The minimum Gasteiger partial charge on any atom is -0.373 e. The van der Waals surface area contributed by atoms with E-state index in [2.05, 4.69) is 10.0 Å². The summed E-state index contributed by atoms with van der Waals surface area (Å²) >= 11 is 0. The molecule has 0 saturated carbocycles. The molecule has 0 aromatic carbocycles. The molecule has 0 aromatic heterocycles. The normalized spacial score (nSPS) is 26.6. The fraction of sp³-hybridized carbons (Fsp3) is 1.00. The van der Waals surface area contributed by atoms with Gasteiger partial charge in [-0.15, -0.1) is 0 Å². The summed E-state index contributed by atoms with van der Waals surface area (Å²) in [5.74, 6) is 0. The molecule has 1 rings (SSSR count). The van der Waals surface area contributed by atoms with Crippen molar-refractivity contribution in [3.8, 4) is 0 Å². The SMILES string of the molecule is CCC(N=[N+]=[N-])C1CO1. The van der Waals surface area contributed by atoms with Crippen molar-refractivity contribution in [3.63, 3.8) is 0 Å². The molecule has 0 amide bonds. The van der Waals surface area contributed by atoms with Crippen LogP contribution >= 0.6 is 0 Å². The number of nitrogens with zero attached hydrogens (tertiary/aromatic N) is 3. The molecule has 0 spiro atoms. The first-order valence-electron chi connectivity index (χ1n) is 3.04. The minimum atomic E-state index is 0.0648. The van der Waals surface area contributed by atoms with Gasteiger partial charge in [0.15, 0.2) is 0 Å². The van der Waals surface area contributed by atoms with E-state index in [4.69, 9.17) is 10.3 Å². The van der Waals surface area contributed by atoms with E-state index >= 15 is 0 Å². The first kappa shape index (κ1) is 6.39. The molecule has 1 heterocycles. The van der Waals surface area contributed by atoms with Gasteiger partial charge in [-0.3, -0.25) is 0 Å². The Morgan fingerprint density at radius 2 is 2.67 bits per heavy atom. The third kappa shape index (κ3) is 1.59. The second-order valence-corrected chi connectivity index (χ2v) is 2.05. The first-order valence-corrected chi connectivity index (χ1v) is 3.04. The lowest BCUT2D eigenvalue weighted by atomic mass is 10.2. The molecule has 50 valence electrons. The lowest BCUT2D eigenvalue weighted by Gasteiger charge is -1.99. The summed E-state index contributed by atoms with van der Waals surface area (Å²) in [6, 6.07) is 0.0648. The van der Waals surface area contributed by atoms with Crippen LogP contribution in [0, 0.1) is 0 Å². The lowest BCUT2D eigenvalue weighted by Crippen LogP contribution is -2.09. The summed E-state index contributed by atoms with van der Waals surface area (Å²) in [4.78, 5) is 2.71. The monoisotopic (exact) mass is 127 g/mol. The molecule has 0 aliphatic carbocycles. The van der Waals surface area contributed by atoms with E-state index in [0.717, 1.165) is 13.0 Å². The first-order chi connectivity index (χ1) is 4.38. The van der Waals surface area contributed by atoms with E-state index in [1.54, 1.807) is 0 Å². The maximum Gasteiger partial charge on any atom is 0.0894 e. The molecule has 9 heavy (non-hydrogen) atoms. The Hall–Kier alpha value is -0.730. The Morgan fingerprint density at radius 3 is 3.00 bits per heavy atom. The van der Waals surface area contributed by atoms with Crippen molar-refractivity contribution in [3.05, 3.63) is 10.4 Å². The third-order valence-corrected chi connectivity index (χ3v) is 1.41. The van der Waals surface area contributed by atoms with Crippen molar-refractivity contribution in [2.45, 2.75) is 25.5 Å². The molecule has 2 unspecified atom stereocenters. The van der Waals surface area contributed by atoms with Crippen molar-refractivity contribution >= 4 is 0 Å². The fourth-order valence-electron chi connectivity index (χ4n) is 0.763. The predicted octanol–water partition coefficient (Wildman–Crippen LogP) is 1.47. The summed E-state index contributed by atoms with van der Waals surface area (Å²) in [7, 11) is 0. The van der Waals surface area contributed by atoms with Crippen LogP contribution in [0.1, 0.15) is 13.3 Å². The standard InChI is InChI=1S/C5H9N3O/c1-2-4(7-8-6)5-3-9-5/h4-5H,2-3H2,1H3. The van der Waals surface area contributed by atoms with Crippen LogP contribution in [0.25, 0.3) is 10.4 Å². The average molecular weight is 127 g/mol. The van der Waals surface area contributed by atoms with Crippen molar-refractivity contribution < 1.29 is 4.74 Å². The van der Waals surface area contributed by atoms with Gasteiger partial charge in [0.05, 0.1) is 18.8 Å². The van der Waals surface area contributed by atoms with Crippen LogP contribution in [0.3, 0.4) is 0 Å². The molecule has 4 heteroatoms. The van der Waals surface area contributed by atoms with Gasteiger partial charge in [0, 0.05) is 4.91 Å². The van der Waals surface area contributed by atoms with Crippen molar-refractivity contribution in [1.29, 1.82) is 0 Å². The highest BCUT2D eigenvalue weighted by Gasteiger charge is 2.30. The van der Waals surface area contributed by atoms with Crippen LogP contribution in [0.15, 0.2) is 5.11 Å². The van der Waals surface area contributed by atoms with Gasteiger partial charge in [-0.05, 0) is 12.0 Å². The van der Waals surface area contributed by atoms with E-state index in [1.807, 2.05) is 6.92 Å². The van der Waals surface area contributed by atoms with Gasteiger partial charge in [0.2, 0.25) is 0 Å². The van der Waals surface area contributed by atoms with E-state index in [1.165, 1.54) is 0 Å². The van der Waals surface area contributed by atoms with E-state index in [9.17, 15) is 0 Å². The van der Waals surface area contributed by atoms with Crippen LogP contribution in [-0.2, 0) is 4.74 Å². The molecule has 2 atom stereocenters. The molecule has 0 radical (unpaired) electrons. The number of hydrogen-bond donors (Lipinski definition) is 0. The maximum absolute atomic E-state index is 8.05. The second kappa shape index (κ2) is 2.71. The Balaban J connectivity index is 2.37. The summed E-state index contributed by atoms with van der Waals surface area (Å²) < 4.78 is 4.95. The van der Waals surface area contributed by atoms with Crippen molar-refractivity contribution in [1.82, 2.24) is 0 Å². The number of ether oxygens (including phenoxy) is 1. The number of hydrogen-bond acceptors (Lipinski definition) is 2. The molecule has 1 saturated heterocycles. The Bertz CT molecular complexity index is 137. The van der Waals surface area contributed by atoms with Gasteiger partial charge in [0.1, 0.15) is 0 Å². The smallest absolute Gasteiger partial charge is 0.0894 e. The van der Waals surface area contributed by atoms with Gasteiger partial charge in [0.25, 0.3) is 0 Å². The van der Waals surface area contributed by atoms with Crippen LogP contribution in [0.4, 0.5) is 0 Å². The number of azide groups is 1. The summed E-state index contributed by atoms with van der Waals surface area (Å²) in [5.41, 5.74) is 8.05. The Kier molecular flexibility index (Phi) is 1.92. The van der Waals surface area contributed by atoms with Crippen molar-refractivity contribution in [2.75, 3.05) is 6.61 Å². The van der Waals surface area contributed by atoms with Crippen LogP contribution in [-0.4, -0.2) is 18.8 Å². The molecule has 0 aromatic rings. The highest BCUT2D eigenvalue weighted by molar-refractivity contribution is 4.83. The summed E-state index contributed by atoms with van der Waals surface area (Å²) in [5, 5.41) is 3.56. The van der Waals surface area contributed by atoms with Crippen LogP contribution < -0.4 is 0 Å². The second-order valence-electron chi connectivity index (χ2n) is 2.05. The zero-order chi connectivity index (χ0) is 6.69. The largest absolute Gasteiger partial charge is 0.373 e. The van der Waals surface area contributed by atoms with E-state index < -0.39 is 0 Å². The minimum absolute atomic E-state index is 0.0648. The predicted molar refractivity (Wildman–Crippen MR) is 33.0 cm³/mol. The van der Waals surface area contributed by atoms with E-state index in [-0.39, 0.29) is 12.1 Å². The Labute approximate surface area is 53.4 Å². The maximum atomic E-state index is 8.05. The quantitative estimate of drug-likeness (QED) is 0.245. The molecule has 0 N–H and O–H groups in total. The molecule has 1 aliphatic rings. The zero-order valence-corrected chi connectivity index (χ0v) is 5.32. The van der Waals surface area contributed by atoms with Crippen molar-refractivity contribution in [2.24, 2.45) is 5.11 Å². The molecule has 1 aliphatic heterocycles. The number of epoxide rings is 1. The molecular weight excluding hydrogens is 118 g/mol. The zero-order valence-electron chi connectivity index (χ0n) is 5.32. The van der Waals surface area contributed by atoms with Gasteiger partial charge >= 0.3 is 0 Å². The summed E-state index contributed by atoms with van der Waals surface area (Å²) in [6.45, 7) is 2.75. The van der Waals surface area contributed by atoms with Gasteiger partial charge in [-0.1, -0.05) is 12.0 Å². The molecule has 1 fully saturated rings. The highest BCUT2D eigenvalue weighted by Crippen LogP contribution is 2.19. The topological polar surface area (TPSA) is 61.3 Å². The summed E-state index contributed by atoms with van der Waals surface area (Å²) in [6.07, 6.45) is 1.08. The van der Waals surface area contributed by atoms with E-state index in [0.29, 0.717) is 0 Å². The number of rotatable bonds is 3.